The average Bonchev–Trinajstić information content (AvgIpc) is 2.60. The van der Waals surface area contributed by atoms with Crippen LogP contribution in [0.15, 0.2) is 10.5 Å². The molecular formula is C9H12N2O3S. The summed E-state index contributed by atoms with van der Waals surface area (Å²) in [4.78, 5) is 21.8. The van der Waals surface area contributed by atoms with Crippen LogP contribution in [0.3, 0.4) is 0 Å². The zero-order chi connectivity index (χ0) is 11.2. The molecule has 0 aromatic heterocycles. The van der Waals surface area contributed by atoms with Crippen LogP contribution in [0.2, 0.25) is 0 Å². The number of amides is 1. The molecule has 2 atom stereocenters. The Bertz CT molecular complexity index is 380. The van der Waals surface area contributed by atoms with Crippen molar-refractivity contribution < 1.29 is 14.7 Å². The Hall–Kier alpha value is -1.01. The second kappa shape index (κ2) is 3.24. The van der Waals surface area contributed by atoms with Crippen molar-refractivity contribution in [3.63, 3.8) is 0 Å². The van der Waals surface area contributed by atoms with Crippen molar-refractivity contribution in [2.45, 2.75) is 24.1 Å². The topological polar surface area (TPSA) is 106 Å². The van der Waals surface area contributed by atoms with Crippen LogP contribution < -0.4 is 11.5 Å². The van der Waals surface area contributed by atoms with Gasteiger partial charge in [-0.05, 0) is 29.7 Å². The van der Waals surface area contributed by atoms with E-state index >= 15 is 0 Å². The molecular weight excluding hydrogens is 216 g/mol. The first-order valence-electron chi connectivity index (χ1n) is 4.69. The molecule has 1 aliphatic heterocycles. The summed E-state index contributed by atoms with van der Waals surface area (Å²) in [5, 5.41) is 9.11. The monoisotopic (exact) mass is 228 g/mol. The van der Waals surface area contributed by atoms with Crippen LogP contribution >= 0.6 is 11.8 Å². The van der Waals surface area contributed by atoms with Crippen LogP contribution in [0.25, 0.3) is 0 Å². The summed E-state index contributed by atoms with van der Waals surface area (Å²) in [6.45, 7) is 0. The maximum Gasteiger partial charge on any atom is 0.314 e. The molecule has 1 amide bonds. The molecule has 1 aliphatic carbocycles. The van der Waals surface area contributed by atoms with E-state index in [4.69, 9.17) is 16.6 Å². The van der Waals surface area contributed by atoms with E-state index in [2.05, 4.69) is 0 Å². The lowest BCUT2D eigenvalue weighted by atomic mass is 9.90. The fourth-order valence-electron chi connectivity index (χ4n) is 2.21. The van der Waals surface area contributed by atoms with E-state index in [0.29, 0.717) is 6.42 Å². The van der Waals surface area contributed by atoms with Crippen molar-refractivity contribution in [1.29, 1.82) is 0 Å². The Labute approximate surface area is 90.9 Å². The molecule has 0 aromatic rings. The van der Waals surface area contributed by atoms with Crippen LogP contribution in [-0.2, 0) is 9.59 Å². The molecule has 0 radical (unpaired) electrons. The van der Waals surface area contributed by atoms with Crippen LogP contribution in [-0.4, -0.2) is 21.9 Å². The summed E-state index contributed by atoms with van der Waals surface area (Å²) >= 11 is 1.13. The third-order valence-corrected chi connectivity index (χ3v) is 4.40. The van der Waals surface area contributed by atoms with Gasteiger partial charge < -0.3 is 16.6 Å². The van der Waals surface area contributed by atoms with Crippen LogP contribution in [0.1, 0.15) is 19.3 Å². The SMILES string of the molecule is NC(=O)[C@@]1(N)SC2=C(CCC2)[C@@H]1C(=O)O. The highest BCUT2D eigenvalue weighted by Crippen LogP contribution is 2.53. The molecule has 0 aromatic carbocycles. The van der Waals surface area contributed by atoms with Gasteiger partial charge in [-0.3, -0.25) is 9.59 Å². The highest BCUT2D eigenvalue weighted by atomic mass is 32.2. The Balaban J connectivity index is 2.41. The normalized spacial score (nSPS) is 34.3. The first-order chi connectivity index (χ1) is 6.97. The lowest BCUT2D eigenvalue weighted by molar-refractivity contribution is -0.143. The molecule has 5 nitrogen and oxygen atoms in total. The van der Waals surface area contributed by atoms with Gasteiger partial charge >= 0.3 is 5.97 Å². The molecule has 2 aliphatic rings. The summed E-state index contributed by atoms with van der Waals surface area (Å²) in [7, 11) is 0. The van der Waals surface area contributed by atoms with Gasteiger partial charge in [-0.15, -0.1) is 0 Å². The van der Waals surface area contributed by atoms with Gasteiger partial charge in [-0.1, -0.05) is 11.8 Å². The summed E-state index contributed by atoms with van der Waals surface area (Å²) in [5.74, 6) is -2.76. The first-order valence-corrected chi connectivity index (χ1v) is 5.51. The maximum absolute atomic E-state index is 11.3. The quantitative estimate of drug-likeness (QED) is 0.617. The Morgan fingerprint density at radius 3 is 2.67 bits per heavy atom. The molecule has 0 saturated heterocycles. The number of hydrogen-bond acceptors (Lipinski definition) is 4. The molecule has 0 unspecified atom stereocenters. The van der Waals surface area contributed by atoms with E-state index in [0.717, 1.165) is 35.1 Å². The van der Waals surface area contributed by atoms with Gasteiger partial charge in [-0.25, -0.2) is 0 Å². The molecule has 2 rings (SSSR count). The lowest BCUT2D eigenvalue weighted by Crippen LogP contribution is -2.55. The minimum atomic E-state index is -1.49. The summed E-state index contributed by atoms with van der Waals surface area (Å²) < 4.78 is 0. The number of hydrogen-bond donors (Lipinski definition) is 3. The predicted octanol–water partition coefficient (Wildman–Crippen LogP) is 0.0123. The second-order valence-corrected chi connectivity index (χ2v) is 5.21. The van der Waals surface area contributed by atoms with Gasteiger partial charge in [0.15, 0.2) is 4.87 Å². The maximum atomic E-state index is 11.3. The van der Waals surface area contributed by atoms with E-state index < -0.39 is 22.7 Å². The smallest absolute Gasteiger partial charge is 0.314 e. The second-order valence-electron chi connectivity index (χ2n) is 3.83. The molecule has 15 heavy (non-hydrogen) atoms. The Morgan fingerprint density at radius 1 is 1.47 bits per heavy atom. The number of carbonyl (C=O) groups excluding carboxylic acids is 1. The third kappa shape index (κ3) is 1.36. The number of nitrogens with two attached hydrogens (primary N) is 2. The van der Waals surface area contributed by atoms with Gasteiger partial charge in [-0.2, -0.15) is 0 Å². The minimum Gasteiger partial charge on any atom is -0.481 e. The summed E-state index contributed by atoms with van der Waals surface area (Å²) in [6, 6.07) is 0. The molecule has 0 bridgehead atoms. The van der Waals surface area contributed by atoms with Crippen molar-refractivity contribution in [3.8, 4) is 0 Å². The van der Waals surface area contributed by atoms with Crippen molar-refractivity contribution >= 4 is 23.6 Å². The zero-order valence-corrected chi connectivity index (χ0v) is 8.84. The van der Waals surface area contributed by atoms with E-state index in [1.54, 1.807) is 0 Å². The predicted molar refractivity (Wildman–Crippen MR) is 55.7 cm³/mol. The number of carbonyl (C=O) groups is 2. The molecule has 0 saturated carbocycles. The minimum absolute atomic E-state index is 0.714. The van der Waals surface area contributed by atoms with E-state index in [1.807, 2.05) is 0 Å². The number of carboxylic acids is 1. The van der Waals surface area contributed by atoms with Crippen molar-refractivity contribution in [1.82, 2.24) is 0 Å². The van der Waals surface area contributed by atoms with Gasteiger partial charge in [0.1, 0.15) is 5.92 Å². The number of carboxylic acid groups (broad SMARTS) is 1. The Morgan fingerprint density at radius 2 is 2.13 bits per heavy atom. The van der Waals surface area contributed by atoms with Crippen LogP contribution in [0, 0.1) is 5.92 Å². The van der Waals surface area contributed by atoms with Crippen LogP contribution in [0.4, 0.5) is 0 Å². The van der Waals surface area contributed by atoms with Crippen molar-refractivity contribution in [2.75, 3.05) is 0 Å². The van der Waals surface area contributed by atoms with E-state index in [9.17, 15) is 9.59 Å². The standard InChI is InChI=1S/C9H12N2O3S/c10-8(14)9(11)6(7(12)13)4-2-1-3-5(4)15-9/h6H,1-3,11H2,(H2,10,14)(H,12,13)/t6-,9+/m1/s1. The van der Waals surface area contributed by atoms with Crippen LogP contribution in [0.5, 0.6) is 0 Å². The first kappa shape index (κ1) is 10.5. The molecule has 6 heteroatoms. The molecule has 0 spiro atoms. The third-order valence-electron chi connectivity index (χ3n) is 2.91. The summed E-state index contributed by atoms with van der Waals surface area (Å²) in [5.41, 5.74) is 11.8. The van der Waals surface area contributed by atoms with Gasteiger partial charge in [0.2, 0.25) is 5.91 Å². The van der Waals surface area contributed by atoms with Gasteiger partial charge in [0.05, 0.1) is 0 Å². The van der Waals surface area contributed by atoms with Crippen molar-refractivity contribution in [3.05, 3.63) is 10.5 Å². The summed E-state index contributed by atoms with van der Waals surface area (Å²) in [6.07, 6.45) is 2.47. The largest absolute Gasteiger partial charge is 0.481 e. The Kier molecular flexibility index (Phi) is 2.27. The number of rotatable bonds is 2. The number of aliphatic carboxylic acids is 1. The molecule has 0 fully saturated rings. The number of primary amides is 1. The molecule has 5 N–H and O–H groups in total. The molecule has 1 heterocycles. The highest BCUT2D eigenvalue weighted by Gasteiger charge is 2.54. The molecule has 82 valence electrons. The van der Waals surface area contributed by atoms with Crippen molar-refractivity contribution in [2.24, 2.45) is 17.4 Å². The lowest BCUT2D eigenvalue weighted by Gasteiger charge is -2.26. The van der Waals surface area contributed by atoms with E-state index in [-0.39, 0.29) is 0 Å². The number of allylic oxidation sites excluding steroid dienone is 1. The highest BCUT2D eigenvalue weighted by molar-refractivity contribution is 8.05. The number of thioether (sulfide) groups is 1. The van der Waals surface area contributed by atoms with Gasteiger partial charge in [0.25, 0.3) is 0 Å². The van der Waals surface area contributed by atoms with E-state index in [1.165, 1.54) is 0 Å². The zero-order valence-electron chi connectivity index (χ0n) is 8.03. The van der Waals surface area contributed by atoms with Gasteiger partial charge in [0, 0.05) is 0 Å². The fraction of sp³-hybridized carbons (Fsp3) is 0.556. The fourth-order valence-corrected chi connectivity index (χ4v) is 3.67. The average molecular weight is 228 g/mol.